The molecule has 0 aliphatic heterocycles. The minimum absolute atomic E-state index is 0.171. The maximum Gasteiger partial charge on any atom is 0.323 e. The summed E-state index contributed by atoms with van der Waals surface area (Å²) in [5.41, 5.74) is 0.259. The van der Waals surface area contributed by atoms with E-state index < -0.39 is 5.82 Å². The van der Waals surface area contributed by atoms with Crippen LogP contribution in [-0.2, 0) is 0 Å². The van der Waals surface area contributed by atoms with Gasteiger partial charge in [0.1, 0.15) is 5.82 Å². The molecule has 0 aliphatic rings. The summed E-state index contributed by atoms with van der Waals surface area (Å²) in [6, 6.07) is 4.72. The van der Waals surface area contributed by atoms with Crippen LogP contribution in [0.25, 0.3) is 0 Å². The van der Waals surface area contributed by atoms with Gasteiger partial charge in [-0.25, -0.2) is 4.39 Å². The van der Waals surface area contributed by atoms with Crippen molar-refractivity contribution in [3.05, 3.63) is 28.5 Å². The standard InChI is InChI=1S/C12H13BrFN5O/c1-3-20-12-18-10(15-2)17-11(19-12)16-9-6-7(13)4-5-8(9)14/h4-6H,3H2,1-2H3,(H2,15,16,17,18,19). The zero-order valence-corrected chi connectivity index (χ0v) is 12.5. The van der Waals surface area contributed by atoms with Gasteiger partial charge in [-0.3, -0.25) is 0 Å². The molecule has 0 bridgehead atoms. The largest absolute Gasteiger partial charge is 0.464 e. The fraction of sp³-hybridized carbons (Fsp3) is 0.250. The number of hydrogen-bond donors (Lipinski definition) is 2. The Morgan fingerprint density at radius 3 is 2.70 bits per heavy atom. The highest BCUT2D eigenvalue weighted by molar-refractivity contribution is 9.10. The van der Waals surface area contributed by atoms with Crippen LogP contribution in [0.4, 0.5) is 22.0 Å². The van der Waals surface area contributed by atoms with Gasteiger partial charge in [0.2, 0.25) is 11.9 Å². The Balaban J connectivity index is 2.32. The van der Waals surface area contributed by atoms with E-state index in [1.807, 2.05) is 6.92 Å². The molecule has 2 aromatic rings. The average molecular weight is 342 g/mol. The summed E-state index contributed by atoms with van der Waals surface area (Å²) in [4.78, 5) is 12.2. The molecule has 2 N–H and O–H groups in total. The van der Waals surface area contributed by atoms with Crippen molar-refractivity contribution < 1.29 is 9.13 Å². The van der Waals surface area contributed by atoms with Crippen LogP contribution in [0.1, 0.15) is 6.92 Å². The second-order valence-electron chi connectivity index (χ2n) is 3.70. The monoisotopic (exact) mass is 341 g/mol. The fourth-order valence-corrected chi connectivity index (χ4v) is 1.79. The topological polar surface area (TPSA) is 72.0 Å². The summed E-state index contributed by atoms with van der Waals surface area (Å²) < 4.78 is 19.7. The number of ether oxygens (including phenoxy) is 1. The minimum Gasteiger partial charge on any atom is -0.464 e. The first kappa shape index (κ1) is 14.4. The van der Waals surface area contributed by atoms with Crippen LogP contribution in [0.3, 0.4) is 0 Å². The van der Waals surface area contributed by atoms with E-state index in [2.05, 4.69) is 41.5 Å². The number of nitrogens with zero attached hydrogens (tertiary/aromatic N) is 3. The molecule has 0 amide bonds. The first-order valence-electron chi connectivity index (χ1n) is 5.91. The van der Waals surface area contributed by atoms with Crippen LogP contribution in [-0.4, -0.2) is 28.6 Å². The van der Waals surface area contributed by atoms with Crippen LogP contribution in [0.5, 0.6) is 6.01 Å². The molecule has 0 spiro atoms. The van der Waals surface area contributed by atoms with E-state index >= 15 is 0 Å². The molecule has 6 nitrogen and oxygen atoms in total. The quantitative estimate of drug-likeness (QED) is 0.871. The summed E-state index contributed by atoms with van der Waals surface area (Å²) in [7, 11) is 1.68. The average Bonchev–Trinajstić information content (AvgIpc) is 2.43. The number of aromatic nitrogens is 3. The molecule has 2 rings (SSSR count). The van der Waals surface area contributed by atoms with Crippen molar-refractivity contribution in [2.24, 2.45) is 0 Å². The lowest BCUT2D eigenvalue weighted by molar-refractivity contribution is 0.312. The van der Waals surface area contributed by atoms with Crippen molar-refractivity contribution in [3.8, 4) is 6.01 Å². The van der Waals surface area contributed by atoms with Crippen LogP contribution < -0.4 is 15.4 Å². The first-order valence-corrected chi connectivity index (χ1v) is 6.70. The number of halogens is 2. The van der Waals surface area contributed by atoms with E-state index in [9.17, 15) is 4.39 Å². The highest BCUT2D eigenvalue weighted by atomic mass is 79.9. The number of nitrogens with one attached hydrogen (secondary N) is 2. The van der Waals surface area contributed by atoms with E-state index in [-0.39, 0.29) is 17.6 Å². The molecule has 0 fully saturated rings. The SMILES string of the molecule is CCOc1nc(NC)nc(Nc2cc(Br)ccc2F)n1. The molecule has 20 heavy (non-hydrogen) atoms. The summed E-state index contributed by atoms with van der Waals surface area (Å²) in [5, 5.41) is 5.59. The highest BCUT2D eigenvalue weighted by Crippen LogP contribution is 2.23. The van der Waals surface area contributed by atoms with Gasteiger partial charge in [0, 0.05) is 11.5 Å². The van der Waals surface area contributed by atoms with Gasteiger partial charge in [-0.2, -0.15) is 15.0 Å². The van der Waals surface area contributed by atoms with E-state index in [4.69, 9.17) is 4.74 Å². The second-order valence-corrected chi connectivity index (χ2v) is 4.61. The van der Waals surface area contributed by atoms with Gasteiger partial charge in [0.15, 0.2) is 0 Å². The summed E-state index contributed by atoms with van der Waals surface area (Å²) >= 11 is 3.28. The van der Waals surface area contributed by atoms with Crippen LogP contribution in [0.15, 0.2) is 22.7 Å². The third-order valence-corrected chi connectivity index (χ3v) is 2.78. The molecule has 0 radical (unpaired) electrons. The van der Waals surface area contributed by atoms with Crippen molar-refractivity contribution in [2.75, 3.05) is 24.3 Å². The van der Waals surface area contributed by atoms with Gasteiger partial charge in [-0.1, -0.05) is 15.9 Å². The summed E-state index contributed by atoms with van der Waals surface area (Å²) in [6.07, 6.45) is 0. The molecular formula is C12H13BrFN5O. The molecule has 0 saturated carbocycles. The molecule has 0 aliphatic carbocycles. The van der Waals surface area contributed by atoms with E-state index in [1.165, 1.54) is 6.07 Å². The van der Waals surface area contributed by atoms with Gasteiger partial charge in [0.05, 0.1) is 12.3 Å². The molecule has 106 valence electrons. The Labute approximate surface area is 123 Å². The van der Waals surface area contributed by atoms with Crippen molar-refractivity contribution in [1.82, 2.24) is 15.0 Å². The summed E-state index contributed by atoms with van der Waals surface area (Å²) in [5.74, 6) is 0.128. The Kier molecular flexibility index (Phi) is 4.67. The molecule has 0 atom stereocenters. The van der Waals surface area contributed by atoms with Gasteiger partial charge in [-0.15, -0.1) is 0 Å². The molecule has 0 saturated heterocycles. The Bertz CT molecular complexity index is 610. The molecule has 8 heteroatoms. The first-order chi connectivity index (χ1) is 9.62. The van der Waals surface area contributed by atoms with Gasteiger partial charge in [0.25, 0.3) is 0 Å². The third-order valence-electron chi connectivity index (χ3n) is 2.29. The zero-order valence-electron chi connectivity index (χ0n) is 10.9. The van der Waals surface area contributed by atoms with Crippen molar-refractivity contribution >= 4 is 33.5 Å². The number of anilines is 3. The van der Waals surface area contributed by atoms with Gasteiger partial charge < -0.3 is 15.4 Å². The van der Waals surface area contributed by atoms with Crippen molar-refractivity contribution in [3.63, 3.8) is 0 Å². The minimum atomic E-state index is -0.405. The van der Waals surface area contributed by atoms with Crippen LogP contribution in [0, 0.1) is 5.82 Å². The van der Waals surface area contributed by atoms with Gasteiger partial charge in [-0.05, 0) is 25.1 Å². The second kappa shape index (κ2) is 6.47. The van der Waals surface area contributed by atoms with Crippen molar-refractivity contribution in [2.45, 2.75) is 6.92 Å². The number of hydrogen-bond acceptors (Lipinski definition) is 6. The predicted molar refractivity (Wildman–Crippen MR) is 77.9 cm³/mol. The third kappa shape index (κ3) is 3.53. The molecule has 1 aromatic heterocycles. The van der Waals surface area contributed by atoms with Crippen LogP contribution >= 0.6 is 15.9 Å². The molecule has 1 heterocycles. The van der Waals surface area contributed by atoms with Gasteiger partial charge >= 0.3 is 6.01 Å². The fourth-order valence-electron chi connectivity index (χ4n) is 1.43. The lowest BCUT2D eigenvalue weighted by Crippen LogP contribution is -2.07. The molecular weight excluding hydrogens is 329 g/mol. The summed E-state index contributed by atoms with van der Waals surface area (Å²) in [6.45, 7) is 2.25. The van der Waals surface area contributed by atoms with E-state index in [0.717, 1.165) is 4.47 Å². The maximum absolute atomic E-state index is 13.7. The lowest BCUT2D eigenvalue weighted by atomic mass is 10.3. The normalized spacial score (nSPS) is 10.2. The molecule has 0 unspecified atom stereocenters. The lowest BCUT2D eigenvalue weighted by Gasteiger charge is -2.09. The van der Waals surface area contributed by atoms with Crippen molar-refractivity contribution in [1.29, 1.82) is 0 Å². The number of rotatable bonds is 5. The van der Waals surface area contributed by atoms with E-state index in [0.29, 0.717) is 12.6 Å². The highest BCUT2D eigenvalue weighted by Gasteiger charge is 2.09. The molecule has 1 aromatic carbocycles. The van der Waals surface area contributed by atoms with E-state index in [1.54, 1.807) is 19.2 Å². The maximum atomic E-state index is 13.7. The Morgan fingerprint density at radius 1 is 1.25 bits per heavy atom. The smallest absolute Gasteiger partial charge is 0.323 e. The Hall–Kier alpha value is -1.96. The number of benzene rings is 1. The Morgan fingerprint density at radius 2 is 2.00 bits per heavy atom. The predicted octanol–water partition coefficient (Wildman–Crippen LogP) is 2.96. The van der Waals surface area contributed by atoms with Crippen LogP contribution in [0.2, 0.25) is 0 Å². The zero-order chi connectivity index (χ0) is 14.5.